The van der Waals surface area contributed by atoms with Gasteiger partial charge in [-0.25, -0.2) is 12.8 Å². The maximum Gasteiger partial charge on any atom is 0.244 e. The van der Waals surface area contributed by atoms with Crippen LogP contribution in [0.4, 0.5) is 4.39 Å². The molecule has 2 N–H and O–H groups in total. The minimum atomic E-state index is -4.17. The predicted molar refractivity (Wildman–Crippen MR) is 103 cm³/mol. The number of sulfonamides is 1. The highest BCUT2D eigenvalue weighted by Gasteiger charge is 2.30. The summed E-state index contributed by atoms with van der Waals surface area (Å²) in [6.07, 6.45) is 0. The maximum absolute atomic E-state index is 13.9. The molecule has 2 atom stereocenters. The third-order valence-corrected chi connectivity index (χ3v) is 5.85. The molecule has 0 spiro atoms. The summed E-state index contributed by atoms with van der Waals surface area (Å²) in [5.41, 5.74) is 1.98. The minimum absolute atomic E-state index is 0.294. The van der Waals surface area contributed by atoms with Gasteiger partial charge in [0.1, 0.15) is 16.8 Å². The molecular formula is C20H25FN2O3S. The van der Waals surface area contributed by atoms with Crippen LogP contribution in [-0.4, -0.2) is 20.4 Å². The van der Waals surface area contributed by atoms with Crippen LogP contribution in [0.3, 0.4) is 0 Å². The molecule has 0 fully saturated rings. The third kappa shape index (κ3) is 5.14. The van der Waals surface area contributed by atoms with Crippen LogP contribution in [-0.2, 0) is 14.8 Å². The Hall–Kier alpha value is -2.25. The van der Waals surface area contributed by atoms with Gasteiger partial charge in [-0.1, -0.05) is 50.2 Å². The number of aryl methyl sites for hydroxylation is 1. The fraction of sp³-hybridized carbons (Fsp3) is 0.350. The number of carbonyl (C=O) groups is 1. The van der Waals surface area contributed by atoms with Crippen molar-refractivity contribution in [1.29, 1.82) is 0 Å². The number of carbonyl (C=O) groups excluding carboxylic acids is 1. The van der Waals surface area contributed by atoms with Gasteiger partial charge < -0.3 is 5.32 Å². The molecular weight excluding hydrogens is 367 g/mol. The van der Waals surface area contributed by atoms with Gasteiger partial charge >= 0.3 is 0 Å². The van der Waals surface area contributed by atoms with Crippen LogP contribution in [0.1, 0.15) is 37.9 Å². The topological polar surface area (TPSA) is 75.3 Å². The first-order valence-corrected chi connectivity index (χ1v) is 10.2. The van der Waals surface area contributed by atoms with E-state index in [2.05, 4.69) is 10.0 Å². The van der Waals surface area contributed by atoms with Crippen molar-refractivity contribution in [3.05, 3.63) is 65.5 Å². The Balaban J connectivity index is 2.21. The van der Waals surface area contributed by atoms with Crippen molar-refractivity contribution in [2.24, 2.45) is 5.92 Å². The van der Waals surface area contributed by atoms with Crippen LogP contribution in [0.25, 0.3) is 0 Å². The summed E-state index contributed by atoms with van der Waals surface area (Å²) in [6.45, 7) is 7.24. The van der Waals surface area contributed by atoms with E-state index >= 15 is 0 Å². The minimum Gasteiger partial charge on any atom is -0.348 e. The van der Waals surface area contributed by atoms with Crippen molar-refractivity contribution in [3.8, 4) is 0 Å². The van der Waals surface area contributed by atoms with Crippen molar-refractivity contribution in [1.82, 2.24) is 10.0 Å². The molecule has 0 saturated carbocycles. The Bertz CT molecular complexity index is 913. The van der Waals surface area contributed by atoms with Gasteiger partial charge in [-0.05, 0) is 43.0 Å². The summed E-state index contributed by atoms with van der Waals surface area (Å²) in [5, 5.41) is 2.85. The monoisotopic (exact) mass is 392 g/mol. The van der Waals surface area contributed by atoms with Gasteiger partial charge in [0.25, 0.3) is 0 Å². The smallest absolute Gasteiger partial charge is 0.244 e. The van der Waals surface area contributed by atoms with Crippen LogP contribution >= 0.6 is 0 Å². The van der Waals surface area contributed by atoms with E-state index in [1.807, 2.05) is 38.1 Å². The second kappa shape index (κ2) is 8.63. The molecule has 7 heteroatoms. The van der Waals surface area contributed by atoms with E-state index in [0.717, 1.165) is 17.2 Å². The molecule has 2 rings (SSSR count). The highest BCUT2D eigenvalue weighted by molar-refractivity contribution is 7.89. The molecule has 2 aromatic carbocycles. The van der Waals surface area contributed by atoms with Gasteiger partial charge in [0.15, 0.2) is 0 Å². The second-order valence-corrected chi connectivity index (χ2v) is 8.54. The number of nitrogens with one attached hydrogen (secondary N) is 2. The number of benzene rings is 2. The first-order valence-electron chi connectivity index (χ1n) is 8.76. The normalized spacial score (nSPS) is 14.0. The predicted octanol–water partition coefficient (Wildman–Crippen LogP) is 3.31. The average molecular weight is 392 g/mol. The Kier molecular flexibility index (Phi) is 6.73. The zero-order valence-electron chi connectivity index (χ0n) is 15.9. The van der Waals surface area contributed by atoms with Gasteiger partial charge in [-0.2, -0.15) is 4.72 Å². The largest absolute Gasteiger partial charge is 0.348 e. The molecule has 1 unspecified atom stereocenters. The van der Waals surface area contributed by atoms with Gasteiger partial charge in [0, 0.05) is 0 Å². The molecule has 0 radical (unpaired) electrons. The molecule has 0 aliphatic rings. The van der Waals surface area contributed by atoms with E-state index in [1.54, 1.807) is 13.8 Å². The van der Waals surface area contributed by atoms with Crippen LogP contribution in [0.2, 0.25) is 0 Å². The maximum atomic E-state index is 13.9. The molecule has 27 heavy (non-hydrogen) atoms. The molecule has 0 aliphatic heterocycles. The molecule has 0 saturated heterocycles. The van der Waals surface area contributed by atoms with Crippen LogP contribution in [0.5, 0.6) is 0 Å². The molecule has 5 nitrogen and oxygen atoms in total. The Morgan fingerprint density at radius 2 is 1.59 bits per heavy atom. The van der Waals surface area contributed by atoms with Gasteiger partial charge in [0.2, 0.25) is 15.9 Å². The Morgan fingerprint density at radius 1 is 1.00 bits per heavy atom. The van der Waals surface area contributed by atoms with Gasteiger partial charge in [0.05, 0.1) is 6.04 Å². The highest BCUT2D eigenvalue weighted by atomic mass is 32.2. The van der Waals surface area contributed by atoms with E-state index < -0.39 is 32.7 Å². The van der Waals surface area contributed by atoms with Crippen LogP contribution in [0.15, 0.2) is 53.4 Å². The summed E-state index contributed by atoms with van der Waals surface area (Å²) in [6, 6.07) is 11.4. The molecule has 0 bridgehead atoms. The fourth-order valence-corrected chi connectivity index (χ4v) is 4.26. The highest BCUT2D eigenvalue weighted by Crippen LogP contribution is 2.19. The van der Waals surface area contributed by atoms with E-state index in [4.69, 9.17) is 0 Å². The Morgan fingerprint density at radius 3 is 2.19 bits per heavy atom. The number of hydrogen-bond donors (Lipinski definition) is 2. The molecule has 0 aliphatic carbocycles. The third-order valence-electron chi connectivity index (χ3n) is 4.37. The molecule has 0 heterocycles. The number of halogens is 1. The first kappa shape index (κ1) is 21.1. The van der Waals surface area contributed by atoms with Crippen molar-refractivity contribution in [2.45, 2.75) is 44.7 Å². The average Bonchev–Trinajstić information content (AvgIpc) is 2.60. The second-order valence-electron chi connectivity index (χ2n) is 6.86. The van der Waals surface area contributed by atoms with E-state index in [0.29, 0.717) is 0 Å². The zero-order valence-corrected chi connectivity index (χ0v) is 16.7. The zero-order chi connectivity index (χ0) is 20.2. The van der Waals surface area contributed by atoms with Crippen molar-refractivity contribution in [3.63, 3.8) is 0 Å². The lowest BCUT2D eigenvalue weighted by molar-refractivity contribution is -0.124. The van der Waals surface area contributed by atoms with E-state index in [-0.39, 0.29) is 12.0 Å². The SMILES string of the molecule is Cc1ccccc1C(C)NC(=O)[C@@H](NS(=O)(=O)c1ccccc1F)C(C)C. The van der Waals surface area contributed by atoms with Crippen LogP contribution in [0, 0.1) is 18.7 Å². The lowest BCUT2D eigenvalue weighted by atomic mass is 10.0. The fourth-order valence-electron chi connectivity index (χ4n) is 2.84. The molecule has 2 aromatic rings. The van der Waals surface area contributed by atoms with E-state index in [9.17, 15) is 17.6 Å². The number of amides is 1. The number of hydrogen-bond acceptors (Lipinski definition) is 3. The summed E-state index contributed by atoms with van der Waals surface area (Å²) < 4.78 is 41.3. The summed E-state index contributed by atoms with van der Waals surface area (Å²) in [4.78, 5) is 12.3. The summed E-state index contributed by atoms with van der Waals surface area (Å²) >= 11 is 0. The summed E-state index contributed by atoms with van der Waals surface area (Å²) in [7, 11) is -4.17. The Labute approximate surface area is 160 Å². The van der Waals surface area contributed by atoms with Gasteiger partial charge in [-0.3, -0.25) is 4.79 Å². The van der Waals surface area contributed by atoms with Gasteiger partial charge in [-0.15, -0.1) is 0 Å². The molecule has 1 amide bonds. The lowest BCUT2D eigenvalue weighted by Crippen LogP contribution is -2.50. The standard InChI is InChI=1S/C20H25FN2O3S/c1-13(2)19(23-27(25,26)18-12-8-7-11-17(18)21)20(24)22-15(4)16-10-6-5-9-14(16)3/h5-13,15,19,23H,1-4H3,(H,22,24)/t15?,19-/m0/s1. The molecule has 146 valence electrons. The lowest BCUT2D eigenvalue weighted by Gasteiger charge is -2.24. The van der Waals surface area contributed by atoms with Crippen molar-refractivity contribution >= 4 is 15.9 Å². The number of rotatable bonds is 7. The van der Waals surface area contributed by atoms with Crippen molar-refractivity contribution < 1.29 is 17.6 Å². The quantitative estimate of drug-likeness (QED) is 0.759. The molecule has 0 aromatic heterocycles. The van der Waals surface area contributed by atoms with E-state index in [1.165, 1.54) is 18.2 Å². The van der Waals surface area contributed by atoms with Crippen LogP contribution < -0.4 is 10.0 Å². The summed E-state index contributed by atoms with van der Waals surface area (Å²) in [5.74, 6) is -1.64. The first-order chi connectivity index (χ1) is 12.6. The van der Waals surface area contributed by atoms with Crippen molar-refractivity contribution in [2.75, 3.05) is 0 Å².